The second kappa shape index (κ2) is 6.69. The summed E-state index contributed by atoms with van der Waals surface area (Å²) in [6, 6.07) is 0. The maximum Gasteiger partial charge on any atom is 0.523 e. The lowest BCUT2D eigenvalue weighted by Gasteiger charge is -2.41. The predicted octanol–water partition coefficient (Wildman–Crippen LogP) is 1.25. The van der Waals surface area contributed by atoms with Crippen LogP contribution in [0.25, 0.3) is 10.4 Å². The molecule has 0 N–H and O–H groups in total. The van der Waals surface area contributed by atoms with Crippen LogP contribution in [0.15, 0.2) is 5.11 Å². The van der Waals surface area contributed by atoms with Crippen LogP contribution in [0.1, 0.15) is 13.8 Å². The molecule has 0 amide bonds. The van der Waals surface area contributed by atoms with E-state index in [1.165, 1.54) is 13.8 Å². The fourth-order valence-corrected chi connectivity index (χ4v) is 2.14. The zero-order chi connectivity index (χ0) is 17.1. The minimum Gasteiger partial charge on any atom is -0.461 e. The molecule has 0 aliphatic carbocycles. The van der Waals surface area contributed by atoms with Crippen molar-refractivity contribution in [2.24, 2.45) is 5.11 Å². The van der Waals surface area contributed by atoms with Gasteiger partial charge in [0, 0.05) is 4.91 Å². The van der Waals surface area contributed by atoms with E-state index in [0.717, 1.165) is 0 Å². The molecule has 0 unspecified atom stereocenters. The molecular weight excluding hydrogens is 335 g/mol. The number of hydrogen-bond donors (Lipinski definition) is 0. The van der Waals surface area contributed by atoms with Gasteiger partial charge in [-0.25, -0.2) is 4.79 Å². The number of azide groups is 1. The van der Waals surface area contributed by atoms with E-state index in [1.807, 2.05) is 0 Å². The van der Waals surface area contributed by atoms with Gasteiger partial charge in [0.2, 0.25) is 0 Å². The van der Waals surface area contributed by atoms with E-state index in [0.29, 0.717) is 0 Å². The number of alkyl halides is 3. The topological polar surface area (TPSA) is 128 Å². The standard InChI is InChI=1S/C9H12F3N3O6S/c1-4(2)19-8(16)7-6(5(20-7)3-14-15-13)21-22(17,18)9(10,11)12/h4-7H,3H2,1-2H3/t5-,6+,7+/m1/s1. The Kier molecular flexibility index (Phi) is 5.62. The summed E-state index contributed by atoms with van der Waals surface area (Å²) in [4.78, 5) is 14.0. The van der Waals surface area contributed by atoms with Crippen LogP contribution in [-0.2, 0) is 28.6 Å². The summed E-state index contributed by atoms with van der Waals surface area (Å²) in [6.45, 7) is 2.46. The summed E-state index contributed by atoms with van der Waals surface area (Å²) >= 11 is 0. The second-order valence-corrected chi connectivity index (χ2v) is 6.02. The van der Waals surface area contributed by atoms with Crippen LogP contribution in [0.5, 0.6) is 0 Å². The summed E-state index contributed by atoms with van der Waals surface area (Å²) in [5, 5.41) is 3.04. The van der Waals surface area contributed by atoms with E-state index in [-0.39, 0.29) is 0 Å². The van der Waals surface area contributed by atoms with Gasteiger partial charge in [-0.1, -0.05) is 5.11 Å². The first-order chi connectivity index (χ1) is 9.99. The Balaban J connectivity index is 2.89. The van der Waals surface area contributed by atoms with Crippen molar-refractivity contribution in [2.45, 2.75) is 43.8 Å². The van der Waals surface area contributed by atoms with Crippen molar-refractivity contribution in [1.82, 2.24) is 0 Å². The molecule has 0 bridgehead atoms. The van der Waals surface area contributed by atoms with Gasteiger partial charge in [0.15, 0.2) is 6.10 Å². The van der Waals surface area contributed by atoms with Crippen LogP contribution >= 0.6 is 0 Å². The van der Waals surface area contributed by atoms with Crippen molar-refractivity contribution in [3.05, 3.63) is 10.4 Å². The SMILES string of the molecule is CC(C)OC(=O)[C@H]1O[C@H](CN=[N+]=[N-])[C@@H]1OS(=O)(=O)C(F)(F)F. The summed E-state index contributed by atoms with van der Waals surface area (Å²) in [5.74, 6) is -1.07. The molecule has 1 saturated heterocycles. The molecule has 126 valence electrons. The van der Waals surface area contributed by atoms with Gasteiger partial charge >= 0.3 is 21.6 Å². The molecule has 9 nitrogen and oxygen atoms in total. The van der Waals surface area contributed by atoms with Gasteiger partial charge < -0.3 is 9.47 Å². The molecule has 3 atom stereocenters. The number of nitrogens with zero attached hydrogens (tertiary/aromatic N) is 3. The molecule has 0 spiro atoms. The first-order valence-electron chi connectivity index (χ1n) is 5.86. The Morgan fingerprint density at radius 2 is 2.05 bits per heavy atom. The van der Waals surface area contributed by atoms with Crippen molar-refractivity contribution >= 4 is 16.1 Å². The Morgan fingerprint density at radius 3 is 2.50 bits per heavy atom. The molecule has 1 fully saturated rings. The Hall–Kier alpha value is -1.56. The third kappa shape index (κ3) is 4.22. The number of rotatable bonds is 6. The van der Waals surface area contributed by atoms with Gasteiger partial charge in [0.05, 0.1) is 18.8 Å². The van der Waals surface area contributed by atoms with Crippen molar-refractivity contribution < 1.29 is 40.0 Å². The average Bonchev–Trinajstić information content (AvgIpc) is 2.32. The van der Waals surface area contributed by atoms with Crippen LogP contribution in [0.2, 0.25) is 0 Å². The summed E-state index contributed by atoms with van der Waals surface area (Å²) in [6.07, 6.45) is -5.34. The normalized spacial score (nSPS) is 25.3. The van der Waals surface area contributed by atoms with Crippen molar-refractivity contribution in [1.29, 1.82) is 0 Å². The lowest BCUT2D eigenvalue weighted by atomic mass is 10.0. The highest BCUT2D eigenvalue weighted by atomic mass is 32.2. The molecule has 0 saturated carbocycles. The third-order valence-corrected chi connectivity index (χ3v) is 3.46. The van der Waals surface area contributed by atoms with E-state index in [4.69, 9.17) is 15.0 Å². The van der Waals surface area contributed by atoms with E-state index < -0.39 is 52.6 Å². The predicted molar refractivity (Wildman–Crippen MR) is 63.7 cm³/mol. The monoisotopic (exact) mass is 347 g/mol. The van der Waals surface area contributed by atoms with Gasteiger partial charge in [-0.05, 0) is 19.4 Å². The van der Waals surface area contributed by atoms with E-state index in [2.05, 4.69) is 14.2 Å². The number of halogens is 3. The van der Waals surface area contributed by atoms with Gasteiger partial charge in [0.1, 0.15) is 6.10 Å². The Bertz CT molecular complexity index is 572. The first-order valence-corrected chi connectivity index (χ1v) is 7.26. The quantitative estimate of drug-likeness (QED) is 0.178. The fourth-order valence-electron chi connectivity index (χ4n) is 1.51. The maximum atomic E-state index is 12.3. The number of carbonyl (C=O) groups is 1. The van der Waals surface area contributed by atoms with E-state index >= 15 is 0 Å². The minimum atomic E-state index is -5.93. The Labute approximate surface area is 123 Å². The maximum absolute atomic E-state index is 12.3. The number of esters is 1. The fraction of sp³-hybridized carbons (Fsp3) is 0.889. The highest BCUT2D eigenvalue weighted by Gasteiger charge is 2.56. The van der Waals surface area contributed by atoms with Crippen LogP contribution in [0.4, 0.5) is 13.2 Å². The third-order valence-electron chi connectivity index (χ3n) is 2.42. The summed E-state index contributed by atoms with van der Waals surface area (Å²) < 4.78 is 72.6. The highest BCUT2D eigenvalue weighted by Crippen LogP contribution is 2.33. The number of hydrogen-bond acceptors (Lipinski definition) is 7. The molecule has 0 radical (unpaired) electrons. The molecule has 22 heavy (non-hydrogen) atoms. The van der Waals surface area contributed by atoms with Gasteiger partial charge in [-0.2, -0.15) is 21.6 Å². The van der Waals surface area contributed by atoms with E-state index in [1.54, 1.807) is 0 Å². The van der Waals surface area contributed by atoms with Crippen molar-refractivity contribution in [3.8, 4) is 0 Å². The molecule has 13 heteroatoms. The molecule has 0 aromatic rings. The van der Waals surface area contributed by atoms with Gasteiger partial charge in [-0.15, -0.1) is 0 Å². The van der Waals surface area contributed by atoms with Crippen molar-refractivity contribution in [3.63, 3.8) is 0 Å². The van der Waals surface area contributed by atoms with Gasteiger partial charge in [0.25, 0.3) is 0 Å². The second-order valence-electron chi connectivity index (χ2n) is 4.45. The van der Waals surface area contributed by atoms with Crippen LogP contribution in [0, 0.1) is 0 Å². The molecule has 1 aliphatic rings. The summed E-state index contributed by atoms with van der Waals surface area (Å²) in [7, 11) is -5.93. The molecule has 1 heterocycles. The largest absolute Gasteiger partial charge is 0.523 e. The molecule has 1 rings (SSSR count). The summed E-state index contributed by atoms with van der Waals surface area (Å²) in [5.41, 5.74) is 2.49. The van der Waals surface area contributed by atoms with E-state index in [9.17, 15) is 26.4 Å². The average molecular weight is 347 g/mol. The minimum absolute atomic E-state index is 0.500. The van der Waals surface area contributed by atoms with Crippen LogP contribution < -0.4 is 0 Å². The molecular formula is C9H12F3N3O6S. The van der Waals surface area contributed by atoms with Crippen LogP contribution in [-0.4, -0.2) is 50.9 Å². The number of ether oxygens (including phenoxy) is 2. The zero-order valence-corrected chi connectivity index (χ0v) is 12.2. The molecule has 1 aliphatic heterocycles. The van der Waals surface area contributed by atoms with Crippen LogP contribution in [0.3, 0.4) is 0 Å². The van der Waals surface area contributed by atoms with Crippen molar-refractivity contribution in [2.75, 3.05) is 6.54 Å². The Morgan fingerprint density at radius 1 is 1.45 bits per heavy atom. The lowest BCUT2D eigenvalue weighted by molar-refractivity contribution is -0.226. The first kappa shape index (κ1) is 18.5. The number of carbonyl (C=O) groups excluding carboxylic acids is 1. The van der Waals surface area contributed by atoms with Gasteiger partial charge in [-0.3, -0.25) is 4.18 Å². The lowest BCUT2D eigenvalue weighted by Crippen LogP contribution is -2.61. The molecule has 0 aromatic heterocycles. The smallest absolute Gasteiger partial charge is 0.461 e. The molecule has 0 aromatic carbocycles. The zero-order valence-electron chi connectivity index (χ0n) is 11.3. The highest BCUT2D eigenvalue weighted by molar-refractivity contribution is 7.87.